The van der Waals surface area contributed by atoms with Crippen LogP contribution in [0.5, 0.6) is 0 Å². The number of rotatable bonds is 3. The monoisotopic (exact) mass is 380 g/mol. The number of carbonyl (C=O) groups excluding carboxylic acids is 3. The zero-order valence-corrected chi connectivity index (χ0v) is 18.9. The fourth-order valence-electron chi connectivity index (χ4n) is 1.10. The molecule has 0 spiro atoms. The van der Waals surface area contributed by atoms with Crippen molar-refractivity contribution in [1.29, 1.82) is 0 Å². The number of carboxylic acids is 1. The van der Waals surface area contributed by atoms with Gasteiger partial charge in [-0.15, -0.1) is 0 Å². The predicted molar refractivity (Wildman–Crippen MR) is 87.8 cm³/mol. The molecular formula is C17H18Na2O7. The first-order valence-electron chi connectivity index (χ1n) is 6.49. The molecule has 0 aliphatic carbocycles. The minimum Gasteiger partial charge on any atom is -1.00 e. The Morgan fingerprint density at radius 3 is 1.85 bits per heavy atom. The van der Waals surface area contributed by atoms with Crippen molar-refractivity contribution in [2.45, 2.75) is 0 Å². The molecule has 0 radical (unpaired) electrons. The Hall–Kier alpha value is -1.48. The summed E-state index contributed by atoms with van der Waals surface area (Å²) in [5.74, 6) is -2.99. The molecule has 2 rings (SSSR count). The summed E-state index contributed by atoms with van der Waals surface area (Å²) in [4.78, 5) is 39.7. The molecule has 0 fully saturated rings. The number of cyclic esters (lactones) is 2. The fourth-order valence-corrected chi connectivity index (χ4v) is 1.10. The second kappa shape index (κ2) is 18.3. The van der Waals surface area contributed by atoms with E-state index in [2.05, 4.69) is 16.1 Å². The third kappa shape index (κ3) is 17.3. The third-order valence-electron chi connectivity index (χ3n) is 2.16. The van der Waals surface area contributed by atoms with Gasteiger partial charge in [-0.25, -0.2) is 19.2 Å². The average molecular weight is 380 g/mol. The van der Waals surface area contributed by atoms with Crippen LogP contribution >= 0.6 is 0 Å². The van der Waals surface area contributed by atoms with Crippen molar-refractivity contribution in [3.63, 3.8) is 0 Å². The third-order valence-corrected chi connectivity index (χ3v) is 2.16. The summed E-state index contributed by atoms with van der Waals surface area (Å²) >= 11 is 0. The number of carbonyl (C=O) groups is 4. The van der Waals surface area contributed by atoms with Gasteiger partial charge in [0, 0.05) is 24.3 Å². The maximum absolute atomic E-state index is 10.1. The van der Waals surface area contributed by atoms with Crippen LogP contribution in [0.15, 0.2) is 61.2 Å². The molecule has 26 heavy (non-hydrogen) atoms. The number of ether oxygens (including phenoxy) is 2. The molecule has 9 heteroatoms. The standard InChI is InChI=1S/C8H8.C5H6O4.C4H2O3.2Na.2H/c1-2-8-6-4-3-5-7-8;1-9-5(8)3-2-4(6)7;5-3-1-2-4(6)7-3;;;;/h2-7H,1H2;2-3H,1H3,(H,6,7);1-2H;;;;/q;;;2*+1;2*-1/b;3-2-;;;;;. The van der Waals surface area contributed by atoms with Gasteiger partial charge in [-0.05, 0) is 5.56 Å². The first kappa shape index (κ1) is 29.3. The van der Waals surface area contributed by atoms with E-state index in [0.717, 1.165) is 18.2 Å². The zero-order valence-electron chi connectivity index (χ0n) is 16.9. The summed E-state index contributed by atoms with van der Waals surface area (Å²) in [6.07, 6.45) is 5.55. The number of benzene rings is 1. The van der Waals surface area contributed by atoms with Gasteiger partial charge >= 0.3 is 83.0 Å². The van der Waals surface area contributed by atoms with Crippen LogP contribution in [0.1, 0.15) is 8.42 Å². The van der Waals surface area contributed by atoms with Crippen molar-refractivity contribution in [2.24, 2.45) is 0 Å². The topological polar surface area (TPSA) is 107 Å². The normalized spacial score (nSPS) is 10.7. The second-order valence-corrected chi connectivity index (χ2v) is 3.88. The average Bonchev–Trinajstić information content (AvgIpc) is 2.97. The Morgan fingerprint density at radius 1 is 1.08 bits per heavy atom. The summed E-state index contributed by atoms with van der Waals surface area (Å²) in [5.41, 5.74) is 1.17. The second-order valence-electron chi connectivity index (χ2n) is 3.88. The molecule has 0 bridgehead atoms. The van der Waals surface area contributed by atoms with Gasteiger partial charge < -0.3 is 17.4 Å². The molecule has 1 heterocycles. The Balaban J connectivity index is -0.0000000885. The Kier molecular flexibility index (Phi) is 20.6. The molecule has 0 atom stereocenters. The van der Waals surface area contributed by atoms with E-state index < -0.39 is 23.9 Å². The predicted octanol–water partition coefficient (Wildman–Crippen LogP) is -4.01. The van der Waals surface area contributed by atoms with Crippen molar-refractivity contribution >= 4 is 30.0 Å². The van der Waals surface area contributed by atoms with Crippen molar-refractivity contribution in [3.8, 4) is 0 Å². The molecule has 0 unspecified atom stereocenters. The number of aliphatic carboxylic acids is 1. The molecule has 7 nitrogen and oxygen atoms in total. The van der Waals surface area contributed by atoms with Gasteiger partial charge in [0.25, 0.3) is 0 Å². The van der Waals surface area contributed by atoms with Crippen LogP contribution < -0.4 is 59.1 Å². The zero-order chi connectivity index (χ0) is 18.4. The Labute approximate surface area is 198 Å². The molecule has 1 aromatic rings. The summed E-state index contributed by atoms with van der Waals surface area (Å²) in [5, 5.41) is 7.96. The summed E-state index contributed by atoms with van der Waals surface area (Å²) in [6.45, 7) is 3.63. The van der Waals surface area contributed by atoms with Crippen LogP contribution in [0.25, 0.3) is 6.08 Å². The number of methoxy groups -OCH3 is 1. The first-order valence-corrected chi connectivity index (χ1v) is 6.49. The molecule has 1 aliphatic rings. The molecule has 130 valence electrons. The molecule has 0 amide bonds. The number of carboxylic acid groups (broad SMARTS) is 1. The molecular weight excluding hydrogens is 362 g/mol. The number of hydrogen-bond donors (Lipinski definition) is 1. The van der Waals surface area contributed by atoms with Gasteiger partial charge in [-0.2, -0.15) is 0 Å². The van der Waals surface area contributed by atoms with Crippen molar-refractivity contribution in [1.82, 2.24) is 0 Å². The fraction of sp³-hybridized carbons (Fsp3) is 0.0588. The van der Waals surface area contributed by atoms with Gasteiger partial charge in [-0.3, -0.25) is 0 Å². The van der Waals surface area contributed by atoms with Crippen LogP contribution in [-0.4, -0.2) is 36.1 Å². The van der Waals surface area contributed by atoms with Gasteiger partial charge in [0.2, 0.25) is 0 Å². The number of esters is 3. The van der Waals surface area contributed by atoms with E-state index in [9.17, 15) is 19.2 Å². The largest absolute Gasteiger partial charge is 1.00 e. The van der Waals surface area contributed by atoms with E-state index in [0.29, 0.717) is 6.08 Å². The van der Waals surface area contributed by atoms with Gasteiger partial charge in [-0.1, -0.05) is 43.0 Å². The van der Waals surface area contributed by atoms with Crippen LogP contribution in [0.4, 0.5) is 0 Å². The van der Waals surface area contributed by atoms with Crippen LogP contribution in [0.2, 0.25) is 0 Å². The van der Waals surface area contributed by atoms with Gasteiger partial charge in [0.1, 0.15) is 0 Å². The van der Waals surface area contributed by atoms with Crippen molar-refractivity contribution < 1.29 is 95.7 Å². The van der Waals surface area contributed by atoms with Crippen molar-refractivity contribution in [2.75, 3.05) is 7.11 Å². The maximum atomic E-state index is 10.1. The molecule has 1 aromatic carbocycles. The quantitative estimate of drug-likeness (QED) is 0.246. The SMILES string of the molecule is C=Cc1ccccc1.COC(=O)/C=C\C(=O)O.O=C1C=CC(=O)O1.[H-].[H-].[Na+].[Na+]. The molecule has 1 N–H and O–H groups in total. The van der Waals surface area contributed by atoms with E-state index in [1.807, 2.05) is 36.4 Å². The maximum Gasteiger partial charge on any atom is 1.00 e. The van der Waals surface area contributed by atoms with E-state index in [1.165, 1.54) is 12.7 Å². The number of hydrogen-bond acceptors (Lipinski definition) is 6. The summed E-state index contributed by atoms with van der Waals surface area (Å²) < 4.78 is 8.08. The minimum absolute atomic E-state index is 0. The Morgan fingerprint density at radius 2 is 1.58 bits per heavy atom. The van der Waals surface area contributed by atoms with E-state index >= 15 is 0 Å². The van der Waals surface area contributed by atoms with Crippen LogP contribution in [0.3, 0.4) is 0 Å². The van der Waals surface area contributed by atoms with E-state index in [-0.39, 0.29) is 62.0 Å². The van der Waals surface area contributed by atoms with Gasteiger partial charge in [0.15, 0.2) is 0 Å². The molecule has 0 aromatic heterocycles. The summed E-state index contributed by atoms with van der Waals surface area (Å²) in [7, 11) is 1.18. The van der Waals surface area contributed by atoms with Crippen LogP contribution in [0, 0.1) is 0 Å². The molecule has 1 aliphatic heterocycles. The molecule has 0 saturated heterocycles. The summed E-state index contributed by atoms with van der Waals surface area (Å²) in [6, 6.07) is 10.0. The first-order chi connectivity index (χ1) is 11.4. The van der Waals surface area contributed by atoms with E-state index in [4.69, 9.17) is 5.11 Å². The minimum atomic E-state index is -1.17. The van der Waals surface area contributed by atoms with E-state index in [1.54, 1.807) is 0 Å². The van der Waals surface area contributed by atoms with Crippen molar-refractivity contribution in [3.05, 3.63) is 66.8 Å². The van der Waals surface area contributed by atoms with Gasteiger partial charge in [0.05, 0.1) is 7.11 Å². The molecule has 0 saturated carbocycles. The van der Waals surface area contributed by atoms with Crippen LogP contribution in [-0.2, 0) is 28.7 Å². The Bertz CT molecular complexity index is 647. The smallest absolute Gasteiger partial charge is 1.00 e.